The molecule has 0 bridgehead atoms. The largest absolute Gasteiger partial charge is 0.388 e. The minimum Gasteiger partial charge on any atom is -0.388 e. The number of rotatable bonds is 4. The van der Waals surface area contributed by atoms with Crippen LogP contribution in [0.3, 0.4) is 0 Å². The SMILES string of the molecule is Cc1ccc(N2CCC(O)(CN(C)C3(C)CCS(=O)(=O)C3)CC2)cc1. The summed E-state index contributed by atoms with van der Waals surface area (Å²) in [5.41, 5.74) is 1.35. The monoisotopic (exact) mass is 366 g/mol. The molecule has 0 aliphatic carbocycles. The zero-order valence-electron chi connectivity index (χ0n) is 15.5. The number of likely N-dealkylation sites (N-methyl/N-ethyl adjacent to an activating group) is 1. The molecule has 2 aliphatic rings. The van der Waals surface area contributed by atoms with Gasteiger partial charge < -0.3 is 10.0 Å². The molecule has 0 aromatic heterocycles. The molecule has 6 heteroatoms. The standard InChI is InChI=1S/C19H30N2O3S/c1-16-4-6-17(7-5-16)21-11-8-19(22,9-12-21)14-20(3)18(2)10-13-25(23,24)15-18/h4-7,22H,8-15H2,1-3H3. The van der Waals surface area contributed by atoms with Gasteiger partial charge >= 0.3 is 0 Å². The van der Waals surface area contributed by atoms with Gasteiger partial charge in [-0.3, -0.25) is 4.90 Å². The molecule has 140 valence electrons. The van der Waals surface area contributed by atoms with E-state index in [0.717, 1.165) is 13.1 Å². The van der Waals surface area contributed by atoms with E-state index in [1.165, 1.54) is 11.3 Å². The fourth-order valence-corrected chi connectivity index (χ4v) is 6.23. The molecule has 1 aromatic rings. The molecule has 25 heavy (non-hydrogen) atoms. The Kier molecular flexibility index (Phi) is 4.90. The number of β-amino-alcohol motifs (C(OH)–C–C–N with tert-alkyl or cyclic N) is 1. The molecule has 2 saturated heterocycles. The third-order valence-corrected chi connectivity index (χ3v) is 7.92. The number of piperidine rings is 1. The predicted octanol–water partition coefficient (Wildman–Crippen LogP) is 1.84. The van der Waals surface area contributed by atoms with Gasteiger partial charge in [-0.2, -0.15) is 0 Å². The van der Waals surface area contributed by atoms with Gasteiger partial charge in [0.25, 0.3) is 0 Å². The van der Waals surface area contributed by atoms with Crippen molar-refractivity contribution in [1.29, 1.82) is 0 Å². The van der Waals surface area contributed by atoms with Crippen LogP contribution >= 0.6 is 0 Å². The molecule has 3 rings (SSSR count). The van der Waals surface area contributed by atoms with Crippen molar-refractivity contribution in [2.45, 2.75) is 44.2 Å². The molecular formula is C19H30N2O3S. The Morgan fingerprint density at radius 2 is 1.76 bits per heavy atom. The van der Waals surface area contributed by atoms with Gasteiger partial charge in [-0.25, -0.2) is 8.42 Å². The van der Waals surface area contributed by atoms with Gasteiger partial charge in [0.2, 0.25) is 0 Å². The molecule has 2 heterocycles. The lowest BCUT2D eigenvalue weighted by Crippen LogP contribution is -2.55. The van der Waals surface area contributed by atoms with Crippen LogP contribution < -0.4 is 4.90 Å². The molecular weight excluding hydrogens is 336 g/mol. The predicted molar refractivity (Wildman–Crippen MR) is 102 cm³/mol. The van der Waals surface area contributed by atoms with E-state index in [9.17, 15) is 13.5 Å². The lowest BCUT2D eigenvalue weighted by atomic mass is 9.88. The van der Waals surface area contributed by atoms with Crippen molar-refractivity contribution in [1.82, 2.24) is 4.90 Å². The minimum atomic E-state index is -2.94. The van der Waals surface area contributed by atoms with Crippen LogP contribution in [0.4, 0.5) is 5.69 Å². The highest BCUT2D eigenvalue weighted by atomic mass is 32.2. The summed E-state index contributed by atoms with van der Waals surface area (Å²) in [4.78, 5) is 4.38. The van der Waals surface area contributed by atoms with E-state index < -0.39 is 15.4 Å². The maximum Gasteiger partial charge on any atom is 0.152 e. The normalized spacial score (nSPS) is 28.4. The first-order chi connectivity index (χ1) is 11.6. The van der Waals surface area contributed by atoms with Crippen LogP contribution in [0.2, 0.25) is 0 Å². The second-order valence-corrected chi connectivity index (χ2v) is 10.4. The van der Waals surface area contributed by atoms with Crippen LogP contribution in [-0.2, 0) is 9.84 Å². The molecule has 1 atom stereocenters. The molecule has 5 nitrogen and oxygen atoms in total. The number of aryl methyl sites for hydroxylation is 1. The van der Waals surface area contributed by atoms with Gasteiger partial charge in [0.15, 0.2) is 9.84 Å². The zero-order chi connectivity index (χ0) is 18.3. The topological polar surface area (TPSA) is 60.9 Å². The van der Waals surface area contributed by atoms with Gasteiger partial charge in [0, 0.05) is 30.9 Å². The Bertz CT molecular complexity index is 709. The molecule has 2 fully saturated rings. The third kappa shape index (κ3) is 4.18. The minimum absolute atomic E-state index is 0.196. The highest BCUT2D eigenvalue weighted by Gasteiger charge is 2.44. The number of aliphatic hydroxyl groups is 1. The van der Waals surface area contributed by atoms with Gasteiger partial charge in [0.05, 0.1) is 17.1 Å². The summed E-state index contributed by atoms with van der Waals surface area (Å²) in [5, 5.41) is 11.0. The van der Waals surface area contributed by atoms with Gasteiger partial charge in [-0.1, -0.05) is 17.7 Å². The second-order valence-electron chi connectivity index (χ2n) is 8.24. The number of nitrogens with zero attached hydrogens (tertiary/aromatic N) is 2. The van der Waals surface area contributed by atoms with E-state index in [4.69, 9.17) is 0 Å². The van der Waals surface area contributed by atoms with Gasteiger partial charge in [-0.15, -0.1) is 0 Å². The average molecular weight is 367 g/mol. The van der Waals surface area contributed by atoms with E-state index in [0.29, 0.717) is 25.8 Å². The van der Waals surface area contributed by atoms with Crippen molar-refractivity contribution >= 4 is 15.5 Å². The maximum absolute atomic E-state index is 11.9. The first kappa shape index (κ1) is 18.7. The first-order valence-corrected chi connectivity index (χ1v) is 10.9. The summed E-state index contributed by atoms with van der Waals surface area (Å²) in [7, 11) is -0.990. The Morgan fingerprint density at radius 3 is 2.28 bits per heavy atom. The molecule has 0 spiro atoms. The van der Waals surface area contributed by atoms with Gasteiger partial charge in [0.1, 0.15) is 0 Å². The average Bonchev–Trinajstić information content (AvgIpc) is 2.84. The first-order valence-electron chi connectivity index (χ1n) is 9.07. The number of sulfone groups is 1. The smallest absolute Gasteiger partial charge is 0.152 e. The summed E-state index contributed by atoms with van der Waals surface area (Å²) >= 11 is 0. The van der Waals surface area contributed by atoms with Crippen LogP contribution in [0.1, 0.15) is 31.7 Å². The van der Waals surface area contributed by atoms with E-state index in [2.05, 4.69) is 41.0 Å². The fraction of sp³-hybridized carbons (Fsp3) is 0.684. The highest BCUT2D eigenvalue weighted by Crippen LogP contribution is 2.33. The molecule has 2 aliphatic heterocycles. The van der Waals surface area contributed by atoms with Gasteiger partial charge in [-0.05, 0) is 52.3 Å². The Morgan fingerprint density at radius 1 is 1.16 bits per heavy atom. The summed E-state index contributed by atoms with van der Waals surface area (Å²) in [6.07, 6.45) is 2.06. The number of anilines is 1. The number of hydrogen-bond donors (Lipinski definition) is 1. The zero-order valence-corrected chi connectivity index (χ0v) is 16.3. The second kappa shape index (κ2) is 6.56. The number of benzene rings is 1. The van der Waals surface area contributed by atoms with Crippen molar-refractivity contribution in [3.63, 3.8) is 0 Å². The quantitative estimate of drug-likeness (QED) is 0.881. The maximum atomic E-state index is 11.9. The van der Waals surface area contributed by atoms with Crippen molar-refractivity contribution in [3.8, 4) is 0 Å². The summed E-state index contributed by atoms with van der Waals surface area (Å²) in [6.45, 7) is 6.26. The van der Waals surface area contributed by atoms with Crippen LogP contribution in [0, 0.1) is 6.92 Å². The van der Waals surface area contributed by atoms with E-state index in [1.807, 2.05) is 14.0 Å². The Balaban J connectivity index is 1.60. The van der Waals surface area contributed by atoms with Crippen molar-refractivity contribution < 1.29 is 13.5 Å². The van der Waals surface area contributed by atoms with Crippen LogP contribution in [0.25, 0.3) is 0 Å². The summed E-state index contributed by atoms with van der Waals surface area (Å²) in [5.74, 6) is 0.454. The van der Waals surface area contributed by atoms with E-state index in [1.54, 1.807) is 0 Å². The lowest BCUT2D eigenvalue weighted by Gasteiger charge is -2.44. The van der Waals surface area contributed by atoms with Crippen LogP contribution in [-0.4, -0.2) is 67.8 Å². The molecule has 0 radical (unpaired) electrons. The summed E-state index contributed by atoms with van der Waals surface area (Å²) < 4.78 is 23.7. The molecule has 1 aromatic carbocycles. The summed E-state index contributed by atoms with van der Waals surface area (Å²) in [6, 6.07) is 8.50. The van der Waals surface area contributed by atoms with Crippen molar-refractivity contribution in [2.24, 2.45) is 0 Å². The molecule has 1 unspecified atom stereocenters. The molecule has 0 amide bonds. The van der Waals surface area contributed by atoms with E-state index in [-0.39, 0.29) is 17.0 Å². The fourth-order valence-electron chi connectivity index (χ4n) is 4.02. The third-order valence-electron chi connectivity index (χ3n) is 6.03. The van der Waals surface area contributed by atoms with Crippen molar-refractivity contribution in [2.75, 3.05) is 43.1 Å². The highest BCUT2D eigenvalue weighted by molar-refractivity contribution is 7.91. The van der Waals surface area contributed by atoms with E-state index >= 15 is 0 Å². The molecule has 0 saturated carbocycles. The van der Waals surface area contributed by atoms with Crippen molar-refractivity contribution in [3.05, 3.63) is 29.8 Å². The lowest BCUT2D eigenvalue weighted by molar-refractivity contribution is -0.0312. The Hall–Kier alpha value is -1.11. The van der Waals surface area contributed by atoms with Crippen LogP contribution in [0.5, 0.6) is 0 Å². The number of hydrogen-bond acceptors (Lipinski definition) is 5. The Labute approximate surface area is 151 Å². The molecule has 1 N–H and O–H groups in total. The van der Waals surface area contributed by atoms with Crippen LogP contribution in [0.15, 0.2) is 24.3 Å².